The van der Waals surface area contributed by atoms with E-state index in [1.54, 1.807) is 6.92 Å². The van der Waals surface area contributed by atoms with Gasteiger partial charge in [-0.2, -0.15) is 0 Å². The number of carbonyl (C=O) groups excluding carboxylic acids is 3. The molecule has 6 nitrogen and oxygen atoms in total. The van der Waals surface area contributed by atoms with Gasteiger partial charge in [-0.1, -0.05) is 27.4 Å². The minimum Gasteiger partial charge on any atom is -0.462 e. The molecule has 1 unspecified atom stereocenters. The molecule has 152 valence electrons. The molecular weight excluding hydrogens is 334 g/mol. The van der Waals surface area contributed by atoms with Crippen molar-refractivity contribution in [3.05, 3.63) is 12.2 Å². The zero-order valence-corrected chi connectivity index (χ0v) is 17.7. The summed E-state index contributed by atoms with van der Waals surface area (Å²) < 4.78 is 9.77. The first-order chi connectivity index (χ1) is 11.9. The first kappa shape index (κ1) is 26.4. The second kappa shape index (κ2) is 13.4. The van der Waals surface area contributed by atoms with E-state index in [9.17, 15) is 14.4 Å². The van der Waals surface area contributed by atoms with Crippen LogP contribution in [-0.4, -0.2) is 37.1 Å². The number of esters is 2. The van der Waals surface area contributed by atoms with Crippen molar-refractivity contribution in [1.29, 1.82) is 0 Å². The molecule has 0 heterocycles. The van der Waals surface area contributed by atoms with Crippen molar-refractivity contribution in [2.45, 2.75) is 74.3 Å². The van der Waals surface area contributed by atoms with E-state index in [2.05, 4.69) is 11.9 Å². The molecule has 0 aliphatic heterocycles. The fourth-order valence-corrected chi connectivity index (χ4v) is 1.34. The Morgan fingerprint density at radius 3 is 1.92 bits per heavy atom. The molecule has 0 aromatic carbocycles. The molecule has 0 aromatic rings. The van der Waals surface area contributed by atoms with Gasteiger partial charge in [0.1, 0.15) is 13.2 Å². The minimum atomic E-state index is -0.488. The van der Waals surface area contributed by atoms with Gasteiger partial charge in [0.15, 0.2) is 0 Å². The highest BCUT2D eigenvalue weighted by molar-refractivity contribution is 5.86. The third-order valence-electron chi connectivity index (χ3n) is 3.83. The lowest BCUT2D eigenvalue weighted by Crippen LogP contribution is -2.34. The molecule has 0 spiro atoms. The molecular formula is C20H37NO5. The van der Waals surface area contributed by atoms with Gasteiger partial charge in [-0.25, -0.2) is 4.79 Å². The average molecular weight is 372 g/mol. The molecule has 0 rings (SSSR count). The van der Waals surface area contributed by atoms with Gasteiger partial charge in [-0.15, -0.1) is 0 Å². The molecule has 0 bridgehead atoms. The maximum absolute atomic E-state index is 11.5. The molecule has 0 aliphatic rings. The van der Waals surface area contributed by atoms with E-state index in [4.69, 9.17) is 9.47 Å². The van der Waals surface area contributed by atoms with Gasteiger partial charge >= 0.3 is 11.9 Å². The monoisotopic (exact) mass is 371 g/mol. The fourth-order valence-electron chi connectivity index (χ4n) is 1.34. The lowest BCUT2D eigenvalue weighted by molar-refractivity contribution is -0.158. The van der Waals surface area contributed by atoms with Crippen LogP contribution in [-0.2, 0) is 23.9 Å². The highest BCUT2D eigenvalue weighted by Gasteiger charge is 2.26. The van der Waals surface area contributed by atoms with Gasteiger partial charge in [-0.05, 0) is 47.5 Å². The van der Waals surface area contributed by atoms with Crippen molar-refractivity contribution in [2.24, 2.45) is 11.3 Å². The minimum absolute atomic E-state index is 0.0667. The van der Waals surface area contributed by atoms with E-state index < -0.39 is 11.4 Å². The molecule has 1 amide bonds. The number of ether oxygens (including phenoxy) is 2. The van der Waals surface area contributed by atoms with Crippen LogP contribution in [0.15, 0.2) is 12.2 Å². The van der Waals surface area contributed by atoms with Gasteiger partial charge in [0.05, 0.1) is 5.41 Å². The summed E-state index contributed by atoms with van der Waals surface area (Å²) in [5.41, 5.74) is -0.154. The summed E-state index contributed by atoms with van der Waals surface area (Å²) in [7, 11) is 0. The number of rotatable bonds is 9. The molecule has 0 saturated heterocycles. The van der Waals surface area contributed by atoms with Crippen molar-refractivity contribution in [2.75, 3.05) is 13.2 Å². The Morgan fingerprint density at radius 2 is 1.54 bits per heavy atom. The number of hydrogen-bond donors (Lipinski definition) is 1. The Morgan fingerprint density at radius 1 is 1.04 bits per heavy atom. The standard InChI is InChI=1S/C12H20O4.C8H17NO/c1-6-12(4,5)11(14)16-8-7-15-10(13)9(2)3;1-5-7(4)8(10)9-6(2)3/h2,6-8H2,1,3-5H3;6-7H,5H2,1-4H3,(H,9,10). The second-order valence-electron chi connectivity index (χ2n) is 7.26. The summed E-state index contributed by atoms with van der Waals surface area (Å²) >= 11 is 0. The van der Waals surface area contributed by atoms with Crippen molar-refractivity contribution >= 4 is 17.8 Å². The average Bonchev–Trinajstić information content (AvgIpc) is 2.57. The van der Waals surface area contributed by atoms with Crippen LogP contribution in [0.3, 0.4) is 0 Å². The smallest absolute Gasteiger partial charge is 0.333 e. The van der Waals surface area contributed by atoms with Gasteiger partial charge in [0.25, 0.3) is 0 Å². The van der Waals surface area contributed by atoms with E-state index >= 15 is 0 Å². The molecule has 0 aliphatic carbocycles. The molecule has 26 heavy (non-hydrogen) atoms. The molecule has 0 aromatic heterocycles. The lowest BCUT2D eigenvalue weighted by atomic mass is 9.91. The number of amides is 1. The maximum atomic E-state index is 11.5. The highest BCUT2D eigenvalue weighted by Crippen LogP contribution is 2.21. The van der Waals surface area contributed by atoms with Crippen molar-refractivity contribution in [3.8, 4) is 0 Å². The fraction of sp³-hybridized carbons (Fsp3) is 0.750. The maximum Gasteiger partial charge on any atom is 0.333 e. The quantitative estimate of drug-likeness (QED) is 0.380. The van der Waals surface area contributed by atoms with Gasteiger partial charge < -0.3 is 14.8 Å². The SMILES string of the molecule is C=C(C)C(=O)OCCOC(=O)C(C)(C)CC.CCC(C)C(=O)NC(C)C. The summed E-state index contributed by atoms with van der Waals surface area (Å²) in [4.78, 5) is 33.5. The Labute approximate surface area is 158 Å². The summed E-state index contributed by atoms with van der Waals surface area (Å²) in [5.74, 6) is -0.424. The molecule has 0 radical (unpaired) electrons. The van der Waals surface area contributed by atoms with Crippen molar-refractivity contribution in [3.63, 3.8) is 0 Å². The van der Waals surface area contributed by atoms with Crippen LogP contribution in [0.2, 0.25) is 0 Å². The molecule has 0 fully saturated rings. The number of hydrogen-bond acceptors (Lipinski definition) is 5. The first-order valence-corrected chi connectivity index (χ1v) is 9.19. The van der Waals surface area contributed by atoms with E-state index in [0.717, 1.165) is 6.42 Å². The predicted molar refractivity (Wildman–Crippen MR) is 104 cm³/mol. The second-order valence-corrected chi connectivity index (χ2v) is 7.26. The van der Waals surface area contributed by atoms with Crippen LogP contribution in [0.25, 0.3) is 0 Å². The molecule has 6 heteroatoms. The van der Waals surface area contributed by atoms with Crippen molar-refractivity contribution in [1.82, 2.24) is 5.32 Å². The van der Waals surface area contributed by atoms with Crippen LogP contribution in [0.1, 0.15) is 68.2 Å². The first-order valence-electron chi connectivity index (χ1n) is 9.19. The van der Waals surface area contributed by atoms with Crippen LogP contribution in [0.4, 0.5) is 0 Å². The van der Waals surface area contributed by atoms with Gasteiger partial charge in [-0.3, -0.25) is 9.59 Å². The van der Waals surface area contributed by atoms with Crippen molar-refractivity contribution < 1.29 is 23.9 Å². The normalized spacial score (nSPS) is 11.7. The van der Waals surface area contributed by atoms with Crippen LogP contribution in [0.5, 0.6) is 0 Å². The Hall–Kier alpha value is -1.85. The predicted octanol–water partition coefficient (Wildman–Crippen LogP) is 3.64. The highest BCUT2D eigenvalue weighted by atomic mass is 16.6. The summed E-state index contributed by atoms with van der Waals surface area (Å²) in [6.45, 7) is 18.6. The molecule has 1 N–H and O–H groups in total. The third kappa shape index (κ3) is 12.5. The number of carbonyl (C=O) groups is 3. The Kier molecular flexibility index (Phi) is 13.6. The Balaban J connectivity index is 0. The Bertz CT molecular complexity index is 469. The zero-order valence-electron chi connectivity index (χ0n) is 17.7. The van der Waals surface area contributed by atoms with E-state index in [-0.39, 0.29) is 37.0 Å². The van der Waals surface area contributed by atoms with E-state index in [0.29, 0.717) is 12.0 Å². The van der Waals surface area contributed by atoms with Crippen LogP contribution in [0, 0.1) is 11.3 Å². The van der Waals surface area contributed by atoms with Crippen LogP contribution < -0.4 is 5.32 Å². The van der Waals surface area contributed by atoms with Gasteiger partial charge in [0.2, 0.25) is 5.91 Å². The van der Waals surface area contributed by atoms with E-state index in [1.165, 1.54) is 0 Å². The summed E-state index contributed by atoms with van der Waals surface area (Å²) in [6.07, 6.45) is 1.62. The zero-order chi connectivity index (χ0) is 20.9. The van der Waals surface area contributed by atoms with E-state index in [1.807, 2.05) is 48.5 Å². The molecule has 0 saturated carbocycles. The summed E-state index contributed by atoms with van der Waals surface area (Å²) in [6, 6.07) is 0.265. The van der Waals surface area contributed by atoms with Crippen LogP contribution >= 0.6 is 0 Å². The number of nitrogens with one attached hydrogen (secondary N) is 1. The lowest BCUT2D eigenvalue weighted by Gasteiger charge is -2.20. The largest absolute Gasteiger partial charge is 0.462 e. The van der Waals surface area contributed by atoms with Gasteiger partial charge in [0, 0.05) is 17.5 Å². The third-order valence-corrected chi connectivity index (χ3v) is 3.83. The topological polar surface area (TPSA) is 81.7 Å². The molecule has 1 atom stereocenters. The summed E-state index contributed by atoms with van der Waals surface area (Å²) in [5, 5.41) is 2.85.